The van der Waals surface area contributed by atoms with Gasteiger partial charge in [0.05, 0.1) is 0 Å². The van der Waals surface area contributed by atoms with Crippen LogP contribution in [0.2, 0.25) is 0 Å². The van der Waals surface area contributed by atoms with Gasteiger partial charge in [-0.15, -0.1) is 0 Å². The molecule has 0 saturated carbocycles. The van der Waals surface area contributed by atoms with Crippen LogP contribution in [0.15, 0.2) is 78.9 Å². The van der Waals surface area contributed by atoms with Gasteiger partial charge in [-0.3, -0.25) is 4.90 Å². The van der Waals surface area contributed by atoms with Crippen LogP contribution in [0.3, 0.4) is 0 Å². The van der Waals surface area contributed by atoms with Gasteiger partial charge in [0.15, 0.2) is 0 Å². The summed E-state index contributed by atoms with van der Waals surface area (Å²) in [7, 11) is 1.76. The van der Waals surface area contributed by atoms with Gasteiger partial charge in [-0.25, -0.2) is 9.59 Å². The number of hydrogen-bond acceptors (Lipinski definition) is 3. The maximum atomic E-state index is 12.7. The van der Waals surface area contributed by atoms with E-state index < -0.39 is 5.97 Å². The summed E-state index contributed by atoms with van der Waals surface area (Å²) in [6.45, 7) is 3.23. The molecular weight excluding hydrogens is 464 g/mol. The first-order valence-electron chi connectivity index (χ1n) is 12.8. The Bertz CT molecular complexity index is 1190. The third-order valence-electron chi connectivity index (χ3n) is 6.07. The first kappa shape index (κ1) is 27.5. The Hall–Kier alpha value is -4.06. The van der Waals surface area contributed by atoms with E-state index in [2.05, 4.69) is 12.2 Å². The zero-order valence-electron chi connectivity index (χ0n) is 21.7. The standard InChI is InChI=1S/C31H36N2O4/c1-3-4-5-6-10-20-32-31(36)33(2)27-15-11-14-26(22-27)28-18-16-24(17-19-30(34)35)21-29(28)37-23-25-12-8-7-9-13-25/h7-9,11-19,21-22H,3-6,10,20,23H2,1-2H3,(H,32,36)(H,34,35)/b19-17+. The molecule has 0 atom stereocenters. The molecule has 2 N–H and O–H groups in total. The molecule has 0 aliphatic rings. The van der Waals surface area contributed by atoms with E-state index in [1.165, 1.54) is 25.3 Å². The van der Waals surface area contributed by atoms with Gasteiger partial charge in [-0.05, 0) is 47.4 Å². The number of ether oxygens (including phenoxy) is 1. The smallest absolute Gasteiger partial charge is 0.328 e. The van der Waals surface area contributed by atoms with Crippen LogP contribution >= 0.6 is 0 Å². The average Bonchev–Trinajstić information content (AvgIpc) is 2.92. The molecule has 6 nitrogen and oxygen atoms in total. The molecule has 37 heavy (non-hydrogen) atoms. The second-order valence-electron chi connectivity index (χ2n) is 8.96. The monoisotopic (exact) mass is 500 g/mol. The number of nitrogens with one attached hydrogen (secondary N) is 1. The lowest BCUT2D eigenvalue weighted by atomic mass is 10.0. The van der Waals surface area contributed by atoms with Crippen LogP contribution in [-0.4, -0.2) is 30.7 Å². The van der Waals surface area contributed by atoms with Crippen molar-refractivity contribution in [2.24, 2.45) is 0 Å². The molecule has 3 rings (SSSR count). The van der Waals surface area contributed by atoms with Gasteiger partial charge >= 0.3 is 12.0 Å². The van der Waals surface area contributed by atoms with Gasteiger partial charge in [0.2, 0.25) is 0 Å². The normalized spacial score (nSPS) is 10.9. The number of rotatable bonds is 13. The number of nitrogens with zero attached hydrogens (tertiary/aromatic N) is 1. The van der Waals surface area contributed by atoms with E-state index in [-0.39, 0.29) is 6.03 Å². The summed E-state index contributed by atoms with van der Waals surface area (Å²) in [6, 6.07) is 23.1. The maximum Gasteiger partial charge on any atom is 0.328 e. The van der Waals surface area contributed by atoms with Crippen molar-refractivity contribution in [2.45, 2.75) is 45.6 Å². The fraction of sp³-hybridized carbons (Fsp3) is 0.290. The Kier molecular flexibility index (Phi) is 10.8. The number of amides is 2. The number of carbonyl (C=O) groups is 2. The van der Waals surface area contributed by atoms with Crippen molar-refractivity contribution in [3.63, 3.8) is 0 Å². The summed E-state index contributed by atoms with van der Waals surface area (Å²) in [4.78, 5) is 25.3. The molecule has 0 fully saturated rings. The number of unbranched alkanes of at least 4 members (excludes halogenated alkanes) is 4. The summed E-state index contributed by atoms with van der Waals surface area (Å²) < 4.78 is 6.19. The number of hydrogen-bond donors (Lipinski definition) is 2. The summed E-state index contributed by atoms with van der Waals surface area (Å²) in [5.41, 5.74) is 4.27. The van der Waals surface area contributed by atoms with Crippen molar-refractivity contribution >= 4 is 23.8 Å². The lowest BCUT2D eigenvalue weighted by Gasteiger charge is -2.20. The molecule has 0 unspecified atom stereocenters. The highest BCUT2D eigenvalue weighted by atomic mass is 16.5. The predicted octanol–water partition coefficient (Wildman–Crippen LogP) is 7.15. The van der Waals surface area contributed by atoms with E-state index in [4.69, 9.17) is 9.84 Å². The number of benzene rings is 3. The second-order valence-corrected chi connectivity index (χ2v) is 8.96. The summed E-state index contributed by atoms with van der Waals surface area (Å²) >= 11 is 0. The zero-order chi connectivity index (χ0) is 26.5. The van der Waals surface area contributed by atoms with Crippen molar-refractivity contribution in [2.75, 3.05) is 18.5 Å². The van der Waals surface area contributed by atoms with Gasteiger partial charge in [0.25, 0.3) is 0 Å². The van der Waals surface area contributed by atoms with Crippen LogP contribution in [0.1, 0.15) is 50.2 Å². The van der Waals surface area contributed by atoms with Crippen molar-refractivity contribution in [3.8, 4) is 16.9 Å². The summed E-state index contributed by atoms with van der Waals surface area (Å²) in [5, 5.41) is 12.0. The van der Waals surface area contributed by atoms with E-state index in [0.29, 0.717) is 18.9 Å². The van der Waals surface area contributed by atoms with Crippen molar-refractivity contribution < 1.29 is 19.4 Å². The Morgan fingerprint density at radius 3 is 2.49 bits per heavy atom. The highest BCUT2D eigenvalue weighted by Gasteiger charge is 2.13. The quantitative estimate of drug-likeness (QED) is 0.193. The minimum Gasteiger partial charge on any atom is -0.488 e. The van der Waals surface area contributed by atoms with Gasteiger partial charge in [0.1, 0.15) is 12.4 Å². The number of carboxylic acids is 1. The van der Waals surface area contributed by atoms with Crippen molar-refractivity contribution in [1.29, 1.82) is 0 Å². The SMILES string of the molecule is CCCCCCCNC(=O)N(C)c1cccc(-c2ccc(/C=C/C(=O)O)cc2OCc2ccccc2)c1. The van der Waals surface area contributed by atoms with Crippen LogP contribution in [0.4, 0.5) is 10.5 Å². The fourth-order valence-electron chi connectivity index (χ4n) is 3.95. The molecule has 0 spiro atoms. The first-order chi connectivity index (χ1) is 18.0. The van der Waals surface area contributed by atoms with E-state index in [9.17, 15) is 9.59 Å². The maximum absolute atomic E-state index is 12.7. The lowest BCUT2D eigenvalue weighted by molar-refractivity contribution is -0.131. The Morgan fingerprint density at radius 2 is 1.73 bits per heavy atom. The Labute approximate surface area is 219 Å². The van der Waals surface area contributed by atoms with Crippen LogP contribution in [0, 0.1) is 0 Å². The molecule has 2 amide bonds. The molecule has 0 aliphatic heterocycles. The summed E-state index contributed by atoms with van der Waals surface area (Å²) in [6.07, 6.45) is 8.37. The van der Waals surface area contributed by atoms with Gasteiger partial charge in [-0.1, -0.05) is 87.2 Å². The van der Waals surface area contributed by atoms with Crippen LogP contribution in [0.25, 0.3) is 17.2 Å². The second kappa shape index (κ2) is 14.5. The van der Waals surface area contributed by atoms with E-state index in [0.717, 1.165) is 46.9 Å². The molecule has 0 bridgehead atoms. The van der Waals surface area contributed by atoms with E-state index in [1.807, 2.05) is 72.8 Å². The molecule has 0 aliphatic carbocycles. The minimum atomic E-state index is -1.01. The molecular formula is C31H36N2O4. The molecule has 0 radical (unpaired) electrons. The fourth-order valence-corrected chi connectivity index (χ4v) is 3.95. The molecule has 3 aromatic carbocycles. The number of urea groups is 1. The van der Waals surface area contributed by atoms with Gasteiger partial charge < -0.3 is 15.2 Å². The van der Waals surface area contributed by atoms with Crippen LogP contribution in [-0.2, 0) is 11.4 Å². The molecule has 194 valence electrons. The van der Waals surface area contributed by atoms with Crippen molar-refractivity contribution in [3.05, 3.63) is 90.0 Å². The first-order valence-corrected chi connectivity index (χ1v) is 12.8. The summed E-state index contributed by atoms with van der Waals surface area (Å²) in [5.74, 6) is -0.376. The molecule has 3 aromatic rings. The largest absolute Gasteiger partial charge is 0.488 e. The molecule has 0 saturated heterocycles. The van der Waals surface area contributed by atoms with Gasteiger partial charge in [0, 0.05) is 30.9 Å². The number of anilines is 1. The lowest BCUT2D eigenvalue weighted by Crippen LogP contribution is -2.37. The predicted molar refractivity (Wildman–Crippen MR) is 150 cm³/mol. The third-order valence-corrected chi connectivity index (χ3v) is 6.07. The number of aliphatic carboxylic acids is 1. The topological polar surface area (TPSA) is 78.9 Å². The van der Waals surface area contributed by atoms with Crippen LogP contribution in [0.5, 0.6) is 5.75 Å². The van der Waals surface area contributed by atoms with Gasteiger partial charge in [-0.2, -0.15) is 0 Å². The molecule has 6 heteroatoms. The molecule has 0 aromatic heterocycles. The third kappa shape index (κ3) is 8.83. The minimum absolute atomic E-state index is 0.137. The Morgan fingerprint density at radius 1 is 0.946 bits per heavy atom. The van der Waals surface area contributed by atoms with Crippen molar-refractivity contribution in [1.82, 2.24) is 5.32 Å². The number of carbonyl (C=O) groups excluding carboxylic acids is 1. The highest BCUT2D eigenvalue weighted by molar-refractivity contribution is 5.92. The Balaban J connectivity index is 1.78. The number of carboxylic acid groups (broad SMARTS) is 1. The van der Waals surface area contributed by atoms with Crippen LogP contribution < -0.4 is 15.0 Å². The van der Waals surface area contributed by atoms with E-state index in [1.54, 1.807) is 11.9 Å². The van der Waals surface area contributed by atoms with E-state index >= 15 is 0 Å². The highest BCUT2D eigenvalue weighted by Crippen LogP contribution is 2.34. The molecule has 0 heterocycles. The zero-order valence-corrected chi connectivity index (χ0v) is 21.7. The average molecular weight is 501 g/mol.